The summed E-state index contributed by atoms with van der Waals surface area (Å²) in [6, 6.07) is 6.86. The number of hydrogen-bond acceptors (Lipinski definition) is 8. The van der Waals surface area contributed by atoms with Crippen LogP contribution in [0.2, 0.25) is 4.34 Å². The van der Waals surface area contributed by atoms with Crippen molar-refractivity contribution in [1.29, 1.82) is 0 Å². The molecule has 11 nitrogen and oxygen atoms in total. The Labute approximate surface area is 249 Å². The lowest BCUT2D eigenvalue weighted by atomic mass is 10.1. The summed E-state index contributed by atoms with van der Waals surface area (Å²) in [5.41, 5.74) is 0.763. The van der Waals surface area contributed by atoms with Gasteiger partial charge in [-0.2, -0.15) is 4.72 Å². The molecule has 2 amide bonds. The van der Waals surface area contributed by atoms with Gasteiger partial charge in [0, 0.05) is 36.0 Å². The van der Waals surface area contributed by atoms with Gasteiger partial charge < -0.3 is 14.5 Å². The topological polar surface area (TPSA) is 142 Å². The maximum Gasteiger partial charge on any atom is 0.244 e. The van der Waals surface area contributed by atoms with Gasteiger partial charge in [-0.05, 0) is 68.5 Å². The highest BCUT2D eigenvalue weighted by Gasteiger charge is 2.36. The van der Waals surface area contributed by atoms with E-state index in [0.717, 1.165) is 11.0 Å². The number of halogens is 1. The number of thiophene rings is 1. The molecule has 0 bridgehead atoms. The number of aryl methyl sites for hydroxylation is 1. The number of piperidine rings is 1. The van der Waals surface area contributed by atoms with Crippen molar-refractivity contribution in [3.63, 3.8) is 0 Å². The zero-order valence-electron chi connectivity index (χ0n) is 22.7. The molecule has 0 saturated carbocycles. The zero-order chi connectivity index (χ0) is 29.8. The average molecular weight is 645 g/mol. The third-order valence-electron chi connectivity index (χ3n) is 6.98. The summed E-state index contributed by atoms with van der Waals surface area (Å²) >= 11 is 7.11. The molecule has 1 aromatic carbocycles. The first-order valence-electron chi connectivity index (χ1n) is 13.1. The molecule has 0 radical (unpaired) electrons. The number of methoxy groups -OCH3 is 1. The van der Waals surface area contributed by atoms with E-state index in [-0.39, 0.29) is 35.7 Å². The van der Waals surface area contributed by atoms with E-state index in [9.17, 15) is 26.4 Å². The molecule has 0 spiro atoms. The number of benzene rings is 1. The highest BCUT2D eigenvalue weighted by molar-refractivity contribution is 7.92. The maximum atomic E-state index is 13.2. The second-order valence-electron chi connectivity index (χ2n) is 9.95. The summed E-state index contributed by atoms with van der Waals surface area (Å²) in [7, 11) is -6.41. The summed E-state index contributed by atoms with van der Waals surface area (Å²) in [4.78, 5) is 30.0. The highest BCUT2D eigenvalue weighted by atomic mass is 35.5. The normalized spacial score (nSPS) is 20.2. The molecule has 0 unspecified atom stereocenters. The molecule has 224 valence electrons. The van der Waals surface area contributed by atoms with E-state index in [1.807, 2.05) is 0 Å². The van der Waals surface area contributed by atoms with Crippen molar-refractivity contribution in [2.75, 3.05) is 33.3 Å². The smallest absolute Gasteiger partial charge is 0.244 e. The monoisotopic (exact) mass is 644 g/mol. The van der Waals surface area contributed by atoms with E-state index >= 15 is 0 Å². The van der Waals surface area contributed by atoms with Gasteiger partial charge in [0.1, 0.15) is 16.7 Å². The van der Waals surface area contributed by atoms with Crippen LogP contribution in [0.5, 0.6) is 5.75 Å². The average Bonchev–Trinajstić information content (AvgIpc) is 3.57. The third kappa shape index (κ3) is 8.08. The predicted octanol–water partition coefficient (Wildman–Crippen LogP) is 2.57. The molecule has 0 aliphatic carbocycles. The summed E-state index contributed by atoms with van der Waals surface area (Å²) in [6.07, 6.45) is 3.56. The molecule has 41 heavy (non-hydrogen) atoms. The van der Waals surface area contributed by atoms with Gasteiger partial charge in [0.05, 0.1) is 18.0 Å². The Morgan fingerprint density at radius 1 is 1.15 bits per heavy atom. The second kappa shape index (κ2) is 13.2. The van der Waals surface area contributed by atoms with Gasteiger partial charge in [0.2, 0.25) is 31.9 Å². The Morgan fingerprint density at radius 2 is 1.90 bits per heavy atom. The van der Waals surface area contributed by atoms with Crippen molar-refractivity contribution in [3.05, 3.63) is 50.5 Å². The largest absolute Gasteiger partial charge is 0.495 e. The standard InChI is InChI=1S/C26H33ClN4O7S3/c1-18-7-9-22(38-2)23(15-18)41(36,37)28-16-19-5-3-13-31(19)25(32)17-30-12-4-6-21(26(30)33)29-40(34,35)14-11-20-8-10-24(27)39-20/h7-11,14-15,19,21,28-29H,3-6,12-13,16-17H2,1-2H3/b14-11+/t19-,21+/m1/s1. The van der Waals surface area contributed by atoms with Gasteiger partial charge in [-0.1, -0.05) is 17.7 Å². The zero-order valence-corrected chi connectivity index (χ0v) is 25.9. The fourth-order valence-corrected chi connectivity index (χ4v) is 8.32. The summed E-state index contributed by atoms with van der Waals surface area (Å²) in [5, 5.41) is 0.995. The number of hydrogen-bond donors (Lipinski definition) is 2. The fourth-order valence-electron chi connectivity index (χ4n) is 4.93. The molecule has 4 rings (SSSR count). The van der Waals surface area contributed by atoms with Crippen molar-refractivity contribution in [2.45, 2.75) is 49.6 Å². The minimum atomic E-state index is -3.92. The van der Waals surface area contributed by atoms with Crippen molar-refractivity contribution in [2.24, 2.45) is 0 Å². The number of carbonyl (C=O) groups is 2. The summed E-state index contributed by atoms with van der Waals surface area (Å²) in [6.45, 7) is 2.35. The van der Waals surface area contributed by atoms with Gasteiger partial charge in [0.25, 0.3) is 0 Å². The number of likely N-dealkylation sites (tertiary alicyclic amines) is 2. The SMILES string of the molecule is COc1ccc(C)cc1S(=O)(=O)NC[C@H]1CCCN1C(=O)CN1CCC[C@H](NS(=O)(=O)/C=C/c2ccc(Cl)s2)C1=O. The highest BCUT2D eigenvalue weighted by Crippen LogP contribution is 2.26. The molecular weight excluding hydrogens is 612 g/mol. The molecule has 2 N–H and O–H groups in total. The first-order valence-corrected chi connectivity index (χ1v) is 17.3. The minimum absolute atomic E-state index is 0.0172. The number of nitrogens with zero attached hydrogens (tertiary/aromatic N) is 2. The molecule has 3 heterocycles. The van der Waals surface area contributed by atoms with Gasteiger partial charge in [-0.15, -0.1) is 11.3 Å². The van der Waals surface area contributed by atoms with Crippen LogP contribution in [0.1, 0.15) is 36.1 Å². The van der Waals surface area contributed by atoms with Crippen molar-refractivity contribution in [1.82, 2.24) is 19.2 Å². The van der Waals surface area contributed by atoms with E-state index in [1.54, 1.807) is 36.1 Å². The van der Waals surface area contributed by atoms with Crippen LogP contribution >= 0.6 is 22.9 Å². The van der Waals surface area contributed by atoms with E-state index in [0.29, 0.717) is 48.0 Å². The minimum Gasteiger partial charge on any atom is -0.495 e. The number of rotatable bonds is 11. The van der Waals surface area contributed by atoms with Crippen molar-refractivity contribution < 1.29 is 31.2 Å². The molecular formula is C26H33ClN4O7S3. The molecule has 2 saturated heterocycles. The van der Waals surface area contributed by atoms with Crippen LogP contribution in [0, 0.1) is 6.92 Å². The third-order valence-corrected chi connectivity index (χ3v) is 10.7. The lowest BCUT2D eigenvalue weighted by Crippen LogP contribution is -2.55. The number of carbonyl (C=O) groups excluding carboxylic acids is 2. The number of amides is 2. The lowest BCUT2D eigenvalue weighted by Gasteiger charge is -2.34. The lowest BCUT2D eigenvalue weighted by molar-refractivity contribution is -0.143. The van der Waals surface area contributed by atoms with Gasteiger partial charge in [-0.3, -0.25) is 9.59 Å². The second-order valence-corrected chi connectivity index (χ2v) is 15.0. The van der Waals surface area contributed by atoms with Gasteiger partial charge >= 0.3 is 0 Å². The van der Waals surface area contributed by atoms with Crippen LogP contribution in [0.4, 0.5) is 0 Å². The first-order chi connectivity index (χ1) is 19.4. The molecule has 2 aliphatic heterocycles. The van der Waals surface area contributed by atoms with E-state index < -0.39 is 32.0 Å². The van der Waals surface area contributed by atoms with Crippen LogP contribution in [-0.4, -0.2) is 83.8 Å². The molecule has 2 atom stereocenters. The quantitative estimate of drug-likeness (QED) is 0.383. The predicted molar refractivity (Wildman–Crippen MR) is 158 cm³/mol. The van der Waals surface area contributed by atoms with Crippen LogP contribution in [0.3, 0.4) is 0 Å². The Hall–Kier alpha value is -2.49. The molecule has 2 aliphatic rings. The molecule has 1 aromatic heterocycles. The molecule has 2 fully saturated rings. The van der Waals surface area contributed by atoms with Crippen LogP contribution in [-0.2, 0) is 29.6 Å². The summed E-state index contributed by atoms with van der Waals surface area (Å²) in [5.74, 6) is -0.558. The summed E-state index contributed by atoms with van der Waals surface area (Å²) < 4.78 is 62.0. The number of nitrogens with one attached hydrogen (secondary N) is 2. The Morgan fingerprint density at radius 3 is 2.61 bits per heavy atom. The van der Waals surface area contributed by atoms with E-state index in [2.05, 4.69) is 9.44 Å². The van der Waals surface area contributed by atoms with Crippen molar-refractivity contribution >= 4 is 60.9 Å². The Bertz CT molecular complexity index is 1520. The fraction of sp³-hybridized carbons (Fsp3) is 0.462. The van der Waals surface area contributed by atoms with E-state index in [4.69, 9.17) is 16.3 Å². The maximum absolute atomic E-state index is 13.2. The van der Waals surface area contributed by atoms with Gasteiger partial charge in [-0.25, -0.2) is 21.6 Å². The van der Waals surface area contributed by atoms with Gasteiger partial charge in [0.15, 0.2) is 0 Å². The van der Waals surface area contributed by atoms with Crippen LogP contribution < -0.4 is 14.2 Å². The Balaban J connectivity index is 1.35. The van der Waals surface area contributed by atoms with Crippen molar-refractivity contribution in [3.8, 4) is 5.75 Å². The van der Waals surface area contributed by atoms with Crippen LogP contribution in [0.15, 0.2) is 40.6 Å². The van der Waals surface area contributed by atoms with E-state index in [1.165, 1.54) is 35.5 Å². The van der Waals surface area contributed by atoms with Crippen LogP contribution in [0.25, 0.3) is 6.08 Å². The Kier molecular flexibility index (Phi) is 10.1. The first kappa shape index (κ1) is 31.4. The number of ether oxygens (including phenoxy) is 1. The molecule has 2 aromatic rings. The molecule has 15 heteroatoms. The number of sulfonamides is 2.